The minimum atomic E-state index is -0.317. The largest absolute Gasteiger partial charge is 0.493 e. The summed E-state index contributed by atoms with van der Waals surface area (Å²) >= 11 is 0. The number of benzene rings is 2. The fourth-order valence-electron chi connectivity index (χ4n) is 2.11. The summed E-state index contributed by atoms with van der Waals surface area (Å²) in [5, 5.41) is 5.54. The molecule has 0 atom stereocenters. The topological polar surface area (TPSA) is 68.8 Å². The number of nitrogens with one attached hydrogen (secondary N) is 2. The summed E-state index contributed by atoms with van der Waals surface area (Å²) in [4.78, 5) is 12.0. The van der Waals surface area contributed by atoms with Gasteiger partial charge in [-0.25, -0.2) is 4.79 Å². The van der Waals surface area contributed by atoms with Gasteiger partial charge in [-0.2, -0.15) is 0 Å². The second-order valence-electron chi connectivity index (χ2n) is 4.71. The maximum absolute atomic E-state index is 12.0. The fraction of sp³-hybridized carbons (Fsp3) is 0.235. The van der Waals surface area contributed by atoms with E-state index in [0.717, 1.165) is 5.56 Å². The van der Waals surface area contributed by atoms with E-state index in [0.29, 0.717) is 29.5 Å². The first kappa shape index (κ1) is 16.5. The van der Waals surface area contributed by atoms with Gasteiger partial charge in [0.1, 0.15) is 0 Å². The van der Waals surface area contributed by atoms with E-state index in [9.17, 15) is 4.79 Å². The second-order valence-corrected chi connectivity index (χ2v) is 4.71. The minimum absolute atomic E-state index is 0.317. The lowest BCUT2D eigenvalue weighted by molar-refractivity contribution is 0.251. The van der Waals surface area contributed by atoms with E-state index in [1.54, 1.807) is 12.1 Å². The van der Waals surface area contributed by atoms with Gasteiger partial charge < -0.3 is 24.8 Å². The molecule has 122 valence electrons. The van der Waals surface area contributed by atoms with Crippen molar-refractivity contribution in [1.29, 1.82) is 0 Å². The average molecular weight is 316 g/mol. The molecule has 0 saturated carbocycles. The molecular formula is C17H20N2O4. The number of carbonyl (C=O) groups excluding carboxylic acids is 1. The van der Waals surface area contributed by atoms with E-state index in [-0.39, 0.29) is 6.03 Å². The van der Waals surface area contributed by atoms with Crippen LogP contribution in [0.15, 0.2) is 42.5 Å². The first-order valence-electron chi connectivity index (χ1n) is 7.06. The first-order valence-corrected chi connectivity index (χ1v) is 7.06. The summed E-state index contributed by atoms with van der Waals surface area (Å²) in [6.07, 6.45) is 0. The molecule has 0 unspecified atom stereocenters. The number of anilines is 1. The lowest BCUT2D eigenvalue weighted by atomic mass is 10.2. The maximum Gasteiger partial charge on any atom is 0.319 e. The van der Waals surface area contributed by atoms with Crippen LogP contribution >= 0.6 is 0 Å². The molecule has 2 amide bonds. The first-order chi connectivity index (χ1) is 11.2. The molecule has 23 heavy (non-hydrogen) atoms. The Kier molecular flexibility index (Phi) is 5.68. The number of urea groups is 1. The third-order valence-electron chi connectivity index (χ3n) is 3.22. The van der Waals surface area contributed by atoms with Crippen molar-refractivity contribution < 1.29 is 19.0 Å². The van der Waals surface area contributed by atoms with Gasteiger partial charge in [-0.05, 0) is 5.56 Å². The van der Waals surface area contributed by atoms with E-state index in [4.69, 9.17) is 14.2 Å². The van der Waals surface area contributed by atoms with Gasteiger partial charge in [-0.15, -0.1) is 0 Å². The monoisotopic (exact) mass is 316 g/mol. The Bertz CT molecular complexity index is 634. The van der Waals surface area contributed by atoms with Crippen LogP contribution in [0.1, 0.15) is 5.56 Å². The van der Waals surface area contributed by atoms with Crippen molar-refractivity contribution in [3.8, 4) is 17.2 Å². The summed E-state index contributed by atoms with van der Waals surface area (Å²) < 4.78 is 15.8. The van der Waals surface area contributed by atoms with Crippen LogP contribution in [0.3, 0.4) is 0 Å². The quantitative estimate of drug-likeness (QED) is 0.859. The van der Waals surface area contributed by atoms with Gasteiger partial charge in [0, 0.05) is 18.7 Å². The van der Waals surface area contributed by atoms with E-state index in [2.05, 4.69) is 10.6 Å². The van der Waals surface area contributed by atoms with Crippen molar-refractivity contribution in [2.45, 2.75) is 6.54 Å². The zero-order valence-electron chi connectivity index (χ0n) is 13.4. The van der Waals surface area contributed by atoms with Crippen molar-refractivity contribution in [2.24, 2.45) is 0 Å². The predicted molar refractivity (Wildman–Crippen MR) is 88.4 cm³/mol. The highest BCUT2D eigenvalue weighted by Crippen LogP contribution is 2.39. The number of hydrogen-bond acceptors (Lipinski definition) is 4. The molecule has 0 aromatic heterocycles. The van der Waals surface area contributed by atoms with E-state index < -0.39 is 0 Å². The van der Waals surface area contributed by atoms with Crippen LogP contribution in [-0.2, 0) is 6.54 Å². The van der Waals surface area contributed by atoms with Gasteiger partial charge in [0.2, 0.25) is 5.75 Å². The number of rotatable bonds is 6. The third kappa shape index (κ3) is 4.29. The highest BCUT2D eigenvalue weighted by Gasteiger charge is 2.14. The van der Waals surface area contributed by atoms with Crippen LogP contribution in [0.4, 0.5) is 10.5 Å². The summed E-state index contributed by atoms with van der Waals surface area (Å²) in [6.45, 7) is 0.442. The summed E-state index contributed by atoms with van der Waals surface area (Å²) in [6, 6.07) is 12.7. The molecule has 2 aromatic carbocycles. The summed E-state index contributed by atoms with van der Waals surface area (Å²) in [5.41, 5.74) is 1.57. The van der Waals surface area contributed by atoms with E-state index >= 15 is 0 Å². The van der Waals surface area contributed by atoms with Gasteiger partial charge in [-0.3, -0.25) is 0 Å². The normalized spacial score (nSPS) is 9.87. The standard InChI is InChI=1S/C17H20N2O4/c1-21-14-9-13(10-15(22-2)16(14)23-3)19-17(20)18-11-12-7-5-4-6-8-12/h4-10H,11H2,1-3H3,(H2,18,19,20). The zero-order valence-corrected chi connectivity index (χ0v) is 13.4. The van der Waals surface area contributed by atoms with E-state index in [1.165, 1.54) is 21.3 Å². The molecule has 0 heterocycles. The zero-order chi connectivity index (χ0) is 16.7. The van der Waals surface area contributed by atoms with Gasteiger partial charge in [-0.1, -0.05) is 30.3 Å². The Morgan fingerprint density at radius 1 is 0.957 bits per heavy atom. The molecule has 0 fully saturated rings. The molecule has 0 radical (unpaired) electrons. The van der Waals surface area contributed by atoms with Crippen LogP contribution in [0.2, 0.25) is 0 Å². The number of carbonyl (C=O) groups is 1. The lowest BCUT2D eigenvalue weighted by Crippen LogP contribution is -2.28. The molecular weight excluding hydrogens is 296 g/mol. The van der Waals surface area contributed by atoms with Crippen molar-refractivity contribution in [1.82, 2.24) is 5.32 Å². The molecule has 2 N–H and O–H groups in total. The molecule has 2 rings (SSSR count). The Morgan fingerprint density at radius 2 is 1.57 bits per heavy atom. The number of amides is 2. The van der Waals surface area contributed by atoms with Gasteiger partial charge in [0.15, 0.2) is 11.5 Å². The van der Waals surface area contributed by atoms with Gasteiger partial charge in [0.25, 0.3) is 0 Å². The van der Waals surface area contributed by atoms with Crippen LogP contribution in [0, 0.1) is 0 Å². The number of hydrogen-bond donors (Lipinski definition) is 2. The number of ether oxygens (including phenoxy) is 3. The molecule has 6 nitrogen and oxygen atoms in total. The smallest absolute Gasteiger partial charge is 0.319 e. The maximum atomic E-state index is 12.0. The second kappa shape index (κ2) is 7.93. The van der Waals surface area contributed by atoms with Crippen LogP contribution in [0.5, 0.6) is 17.2 Å². The molecule has 0 aliphatic heterocycles. The lowest BCUT2D eigenvalue weighted by Gasteiger charge is -2.15. The molecule has 0 saturated heterocycles. The molecule has 0 aliphatic rings. The Morgan fingerprint density at radius 3 is 2.09 bits per heavy atom. The van der Waals surface area contributed by atoms with Crippen molar-refractivity contribution in [2.75, 3.05) is 26.6 Å². The highest BCUT2D eigenvalue weighted by molar-refractivity contribution is 5.90. The predicted octanol–water partition coefficient (Wildman–Crippen LogP) is 3.03. The van der Waals surface area contributed by atoms with Crippen LogP contribution in [0.25, 0.3) is 0 Å². The van der Waals surface area contributed by atoms with Gasteiger partial charge >= 0.3 is 6.03 Å². The minimum Gasteiger partial charge on any atom is -0.493 e. The van der Waals surface area contributed by atoms with E-state index in [1.807, 2.05) is 30.3 Å². The fourth-order valence-corrected chi connectivity index (χ4v) is 2.11. The highest BCUT2D eigenvalue weighted by atomic mass is 16.5. The van der Waals surface area contributed by atoms with Gasteiger partial charge in [0.05, 0.1) is 27.0 Å². The summed E-state index contributed by atoms with van der Waals surface area (Å²) in [7, 11) is 4.58. The SMILES string of the molecule is COc1cc(NC(=O)NCc2ccccc2)cc(OC)c1OC. The summed E-state index contributed by atoms with van der Waals surface area (Å²) in [5.74, 6) is 1.43. The molecule has 0 bridgehead atoms. The van der Waals surface area contributed by atoms with Crippen LogP contribution in [-0.4, -0.2) is 27.4 Å². The van der Waals surface area contributed by atoms with Crippen LogP contribution < -0.4 is 24.8 Å². The number of methoxy groups -OCH3 is 3. The Labute approximate surface area is 135 Å². The van der Waals surface area contributed by atoms with Crippen molar-refractivity contribution in [3.63, 3.8) is 0 Å². The van der Waals surface area contributed by atoms with Crippen molar-refractivity contribution in [3.05, 3.63) is 48.0 Å². The third-order valence-corrected chi connectivity index (χ3v) is 3.22. The average Bonchev–Trinajstić information content (AvgIpc) is 2.59. The Hall–Kier alpha value is -2.89. The molecule has 0 spiro atoms. The van der Waals surface area contributed by atoms with Crippen molar-refractivity contribution >= 4 is 11.7 Å². The molecule has 0 aliphatic carbocycles. The molecule has 2 aromatic rings. The Balaban J connectivity index is 2.05. The molecule has 6 heteroatoms.